The molecule has 28 heavy (non-hydrogen) atoms. The molecule has 0 radical (unpaired) electrons. The Kier molecular flexibility index (Phi) is 5.32. The van der Waals surface area contributed by atoms with Gasteiger partial charge in [-0.15, -0.1) is 0 Å². The standard InChI is InChI=1S/C21H22N4O3/c1-27-17-6-2-4-15(10-17)11-18-12-24-20(28-18)16-5-3-9-25(14-16)21(26)19-13-22-7-8-23-19/h2,4,6-8,10,12-13,16H,3,5,9,11,14H2,1H3. The number of amides is 1. The first-order valence-electron chi connectivity index (χ1n) is 9.36. The van der Waals surface area contributed by atoms with Crippen LogP contribution in [0.25, 0.3) is 0 Å². The normalized spacial score (nSPS) is 16.8. The van der Waals surface area contributed by atoms with E-state index in [1.165, 1.54) is 12.4 Å². The van der Waals surface area contributed by atoms with E-state index in [9.17, 15) is 4.79 Å². The molecule has 7 heteroatoms. The van der Waals surface area contributed by atoms with Crippen molar-refractivity contribution in [3.8, 4) is 5.75 Å². The number of benzene rings is 1. The van der Waals surface area contributed by atoms with Crippen molar-refractivity contribution in [2.75, 3.05) is 20.2 Å². The summed E-state index contributed by atoms with van der Waals surface area (Å²) in [6.07, 6.45) is 8.88. The van der Waals surface area contributed by atoms with Crippen molar-refractivity contribution in [2.45, 2.75) is 25.2 Å². The van der Waals surface area contributed by atoms with Gasteiger partial charge in [0.15, 0.2) is 5.89 Å². The lowest BCUT2D eigenvalue weighted by Crippen LogP contribution is -2.39. The van der Waals surface area contributed by atoms with E-state index in [0.29, 0.717) is 31.1 Å². The van der Waals surface area contributed by atoms with Crippen molar-refractivity contribution in [1.82, 2.24) is 19.9 Å². The van der Waals surface area contributed by atoms with Gasteiger partial charge in [0.25, 0.3) is 5.91 Å². The number of oxazole rings is 1. The van der Waals surface area contributed by atoms with Gasteiger partial charge in [0, 0.05) is 31.9 Å². The molecule has 0 bridgehead atoms. The molecule has 1 amide bonds. The molecule has 4 rings (SSSR count). The van der Waals surface area contributed by atoms with Gasteiger partial charge < -0.3 is 14.1 Å². The molecule has 1 atom stereocenters. The number of likely N-dealkylation sites (tertiary alicyclic amines) is 1. The number of methoxy groups -OCH3 is 1. The topological polar surface area (TPSA) is 81.4 Å². The Morgan fingerprint density at radius 3 is 3.04 bits per heavy atom. The lowest BCUT2D eigenvalue weighted by molar-refractivity contribution is 0.0691. The number of hydrogen-bond donors (Lipinski definition) is 0. The minimum atomic E-state index is -0.0963. The SMILES string of the molecule is COc1cccc(Cc2cnc(C3CCCN(C(=O)c4cnccn4)C3)o2)c1. The van der Waals surface area contributed by atoms with E-state index in [-0.39, 0.29) is 11.8 Å². The predicted octanol–water partition coefficient (Wildman–Crippen LogP) is 3.08. The van der Waals surface area contributed by atoms with Crippen molar-refractivity contribution in [3.63, 3.8) is 0 Å². The van der Waals surface area contributed by atoms with Crippen LogP contribution in [-0.2, 0) is 6.42 Å². The third kappa shape index (κ3) is 4.03. The lowest BCUT2D eigenvalue weighted by Gasteiger charge is -2.30. The minimum absolute atomic E-state index is 0.0911. The number of ether oxygens (including phenoxy) is 1. The second-order valence-electron chi connectivity index (χ2n) is 6.87. The van der Waals surface area contributed by atoms with Gasteiger partial charge in [-0.1, -0.05) is 12.1 Å². The van der Waals surface area contributed by atoms with E-state index in [2.05, 4.69) is 15.0 Å². The molecule has 0 saturated carbocycles. The van der Waals surface area contributed by atoms with E-state index in [0.717, 1.165) is 29.9 Å². The van der Waals surface area contributed by atoms with Gasteiger partial charge in [-0.25, -0.2) is 9.97 Å². The third-order valence-electron chi connectivity index (χ3n) is 4.92. The largest absolute Gasteiger partial charge is 0.497 e. The van der Waals surface area contributed by atoms with Crippen LogP contribution in [0.1, 0.15) is 46.5 Å². The van der Waals surface area contributed by atoms with Crippen molar-refractivity contribution >= 4 is 5.91 Å². The molecule has 1 saturated heterocycles. The Morgan fingerprint density at radius 1 is 1.29 bits per heavy atom. The zero-order chi connectivity index (χ0) is 19.3. The summed E-state index contributed by atoms with van der Waals surface area (Å²) in [7, 11) is 1.66. The first-order chi connectivity index (χ1) is 13.7. The smallest absolute Gasteiger partial charge is 0.274 e. The van der Waals surface area contributed by atoms with Crippen molar-refractivity contribution in [3.05, 3.63) is 72.0 Å². The average molecular weight is 378 g/mol. The second kappa shape index (κ2) is 8.21. The van der Waals surface area contributed by atoms with E-state index in [1.807, 2.05) is 29.2 Å². The van der Waals surface area contributed by atoms with E-state index < -0.39 is 0 Å². The first-order valence-corrected chi connectivity index (χ1v) is 9.36. The summed E-state index contributed by atoms with van der Waals surface area (Å²) in [5.74, 6) is 2.31. The summed E-state index contributed by atoms with van der Waals surface area (Å²) in [6.45, 7) is 1.29. The molecule has 0 aliphatic carbocycles. The predicted molar refractivity (Wildman–Crippen MR) is 102 cm³/mol. The Labute approximate surface area is 163 Å². The van der Waals surface area contributed by atoms with Crippen LogP contribution in [0, 0.1) is 0 Å². The fourth-order valence-corrected chi connectivity index (χ4v) is 3.51. The molecule has 7 nitrogen and oxygen atoms in total. The molecule has 144 valence electrons. The van der Waals surface area contributed by atoms with Gasteiger partial charge in [0.05, 0.1) is 25.4 Å². The highest BCUT2D eigenvalue weighted by atomic mass is 16.5. The molecule has 0 spiro atoms. The van der Waals surface area contributed by atoms with Crippen molar-refractivity contribution in [1.29, 1.82) is 0 Å². The van der Waals surface area contributed by atoms with Gasteiger partial charge in [0.2, 0.25) is 0 Å². The highest BCUT2D eigenvalue weighted by Crippen LogP contribution is 2.28. The monoisotopic (exact) mass is 378 g/mol. The number of hydrogen-bond acceptors (Lipinski definition) is 6. The molecule has 2 aromatic heterocycles. The minimum Gasteiger partial charge on any atom is -0.497 e. The zero-order valence-electron chi connectivity index (χ0n) is 15.7. The van der Waals surface area contributed by atoms with Gasteiger partial charge >= 0.3 is 0 Å². The Hall–Kier alpha value is -3.22. The average Bonchev–Trinajstić information content (AvgIpc) is 3.22. The van der Waals surface area contributed by atoms with Gasteiger partial charge in [-0.05, 0) is 30.5 Å². The highest BCUT2D eigenvalue weighted by molar-refractivity contribution is 5.92. The number of nitrogens with zero attached hydrogens (tertiary/aromatic N) is 4. The summed E-state index contributed by atoms with van der Waals surface area (Å²) in [5, 5.41) is 0. The van der Waals surface area contributed by atoms with Crippen LogP contribution in [0.2, 0.25) is 0 Å². The van der Waals surface area contributed by atoms with Gasteiger partial charge in [-0.3, -0.25) is 9.78 Å². The van der Waals surface area contributed by atoms with Gasteiger partial charge in [0.1, 0.15) is 17.2 Å². The molecule has 3 heterocycles. The van der Waals surface area contributed by atoms with Crippen molar-refractivity contribution < 1.29 is 13.9 Å². The maximum Gasteiger partial charge on any atom is 0.274 e. The Morgan fingerprint density at radius 2 is 2.21 bits per heavy atom. The third-order valence-corrected chi connectivity index (χ3v) is 4.92. The zero-order valence-corrected chi connectivity index (χ0v) is 15.7. The van der Waals surface area contributed by atoms with Crippen LogP contribution >= 0.6 is 0 Å². The number of carbonyl (C=O) groups is 1. The fraction of sp³-hybridized carbons (Fsp3) is 0.333. The van der Waals surface area contributed by atoms with Gasteiger partial charge in [-0.2, -0.15) is 0 Å². The van der Waals surface area contributed by atoms with E-state index in [4.69, 9.17) is 9.15 Å². The molecule has 0 N–H and O–H groups in total. The fourth-order valence-electron chi connectivity index (χ4n) is 3.51. The molecule has 1 aliphatic heterocycles. The molecular formula is C21H22N4O3. The first kappa shape index (κ1) is 18.2. The number of rotatable bonds is 5. The molecule has 1 aliphatic rings. The number of carbonyl (C=O) groups excluding carboxylic acids is 1. The van der Waals surface area contributed by atoms with Crippen LogP contribution in [-0.4, -0.2) is 46.0 Å². The molecule has 1 fully saturated rings. The lowest BCUT2D eigenvalue weighted by atomic mass is 9.98. The summed E-state index contributed by atoms with van der Waals surface area (Å²) in [4.78, 5) is 27.0. The summed E-state index contributed by atoms with van der Waals surface area (Å²) < 4.78 is 11.3. The molecule has 1 aromatic carbocycles. The van der Waals surface area contributed by atoms with E-state index >= 15 is 0 Å². The summed E-state index contributed by atoms with van der Waals surface area (Å²) >= 11 is 0. The van der Waals surface area contributed by atoms with Crippen LogP contribution in [0.3, 0.4) is 0 Å². The second-order valence-corrected chi connectivity index (χ2v) is 6.87. The van der Waals surface area contributed by atoms with E-state index in [1.54, 1.807) is 19.5 Å². The number of piperidine rings is 1. The van der Waals surface area contributed by atoms with Crippen molar-refractivity contribution in [2.24, 2.45) is 0 Å². The molecule has 1 unspecified atom stereocenters. The number of aromatic nitrogens is 3. The van der Waals surface area contributed by atoms with Crippen LogP contribution in [0.5, 0.6) is 5.75 Å². The van der Waals surface area contributed by atoms with Crippen LogP contribution in [0.4, 0.5) is 0 Å². The summed E-state index contributed by atoms with van der Waals surface area (Å²) in [5.41, 5.74) is 1.47. The van der Waals surface area contributed by atoms with Crippen LogP contribution < -0.4 is 4.74 Å². The quantitative estimate of drug-likeness (QED) is 0.679. The van der Waals surface area contributed by atoms with Crippen LogP contribution in [0.15, 0.2) is 53.5 Å². The molecular weight excluding hydrogens is 356 g/mol. The Balaban J connectivity index is 1.43. The molecule has 3 aromatic rings. The Bertz CT molecular complexity index is 942. The summed E-state index contributed by atoms with van der Waals surface area (Å²) in [6, 6.07) is 7.90. The highest BCUT2D eigenvalue weighted by Gasteiger charge is 2.29. The maximum absolute atomic E-state index is 12.6. The maximum atomic E-state index is 12.6.